The predicted molar refractivity (Wildman–Crippen MR) is 81.8 cm³/mol. The number of hydrogen-bond acceptors (Lipinski definition) is 4. The van der Waals surface area contributed by atoms with Gasteiger partial charge in [-0.1, -0.05) is 37.3 Å². The quantitative estimate of drug-likeness (QED) is 0.838. The van der Waals surface area contributed by atoms with Crippen LogP contribution in [0.3, 0.4) is 0 Å². The molecule has 0 saturated carbocycles. The van der Waals surface area contributed by atoms with Crippen molar-refractivity contribution in [2.24, 2.45) is 0 Å². The third-order valence-corrected chi connectivity index (χ3v) is 3.83. The largest absolute Gasteiger partial charge is 0.376 e. The summed E-state index contributed by atoms with van der Waals surface area (Å²) in [6.45, 7) is 4.43. The number of rotatable bonds is 7. The molecule has 0 amide bonds. The third kappa shape index (κ3) is 4.28. The highest BCUT2D eigenvalue weighted by atomic mass is 16.5. The molecule has 114 valence electrons. The molecule has 21 heavy (non-hydrogen) atoms. The van der Waals surface area contributed by atoms with Crippen LogP contribution in [0.2, 0.25) is 0 Å². The summed E-state index contributed by atoms with van der Waals surface area (Å²) in [7, 11) is 0. The van der Waals surface area contributed by atoms with Gasteiger partial charge in [-0.15, -0.1) is 0 Å². The van der Waals surface area contributed by atoms with Crippen LogP contribution < -0.4 is 5.32 Å². The molecule has 1 saturated heterocycles. The SMILES string of the molecule is CCNC(C#N)(COCC1CCCCO1)c1ccccc1. The smallest absolute Gasteiger partial charge is 0.155 e. The fourth-order valence-corrected chi connectivity index (χ4v) is 2.68. The normalized spacial score (nSPS) is 21.4. The number of benzene rings is 1. The van der Waals surface area contributed by atoms with E-state index in [9.17, 15) is 5.26 Å². The van der Waals surface area contributed by atoms with Gasteiger partial charge in [-0.3, -0.25) is 5.32 Å². The van der Waals surface area contributed by atoms with Crippen molar-refractivity contribution in [3.05, 3.63) is 35.9 Å². The minimum atomic E-state index is -0.787. The Balaban J connectivity index is 1.98. The lowest BCUT2D eigenvalue weighted by Crippen LogP contribution is -2.45. The van der Waals surface area contributed by atoms with E-state index in [0.717, 1.165) is 25.0 Å². The van der Waals surface area contributed by atoms with Crippen molar-refractivity contribution in [3.63, 3.8) is 0 Å². The maximum Gasteiger partial charge on any atom is 0.155 e. The van der Waals surface area contributed by atoms with Crippen LogP contribution in [-0.2, 0) is 15.0 Å². The van der Waals surface area contributed by atoms with Crippen LogP contribution in [0.5, 0.6) is 0 Å². The fourth-order valence-electron chi connectivity index (χ4n) is 2.68. The Kier molecular flexibility index (Phi) is 6.19. The molecule has 1 aliphatic heterocycles. The summed E-state index contributed by atoms with van der Waals surface area (Å²) in [6, 6.07) is 12.2. The summed E-state index contributed by atoms with van der Waals surface area (Å²) in [5.41, 5.74) is 0.156. The van der Waals surface area contributed by atoms with Gasteiger partial charge in [0.25, 0.3) is 0 Å². The summed E-state index contributed by atoms with van der Waals surface area (Å²) in [6.07, 6.45) is 3.56. The minimum Gasteiger partial charge on any atom is -0.376 e. The lowest BCUT2D eigenvalue weighted by molar-refractivity contribution is -0.0485. The first-order valence-electron chi connectivity index (χ1n) is 7.72. The van der Waals surface area contributed by atoms with Crippen LogP contribution in [0.1, 0.15) is 31.7 Å². The van der Waals surface area contributed by atoms with E-state index in [1.807, 2.05) is 37.3 Å². The third-order valence-electron chi connectivity index (χ3n) is 3.83. The van der Waals surface area contributed by atoms with Gasteiger partial charge in [0.2, 0.25) is 0 Å². The maximum atomic E-state index is 9.67. The summed E-state index contributed by atoms with van der Waals surface area (Å²) >= 11 is 0. The highest BCUT2D eigenvalue weighted by molar-refractivity contribution is 5.31. The number of nitrogens with zero attached hydrogens (tertiary/aromatic N) is 1. The lowest BCUT2D eigenvalue weighted by Gasteiger charge is -2.29. The first-order valence-corrected chi connectivity index (χ1v) is 7.72. The molecule has 1 aromatic carbocycles. The van der Waals surface area contributed by atoms with Gasteiger partial charge in [0, 0.05) is 6.61 Å². The summed E-state index contributed by atoms with van der Waals surface area (Å²) in [5.74, 6) is 0. The molecule has 1 aromatic rings. The highest BCUT2D eigenvalue weighted by Crippen LogP contribution is 2.22. The van der Waals surface area contributed by atoms with Crippen molar-refractivity contribution in [1.29, 1.82) is 5.26 Å². The zero-order valence-electron chi connectivity index (χ0n) is 12.7. The van der Waals surface area contributed by atoms with Crippen LogP contribution in [-0.4, -0.2) is 32.5 Å². The van der Waals surface area contributed by atoms with E-state index in [4.69, 9.17) is 9.47 Å². The Morgan fingerprint density at radius 1 is 1.38 bits per heavy atom. The molecular weight excluding hydrogens is 264 g/mol. The van der Waals surface area contributed by atoms with Crippen molar-refractivity contribution >= 4 is 0 Å². The molecule has 0 aromatic heterocycles. The molecule has 1 heterocycles. The van der Waals surface area contributed by atoms with E-state index in [2.05, 4.69) is 11.4 Å². The molecule has 1 N–H and O–H groups in total. The van der Waals surface area contributed by atoms with Gasteiger partial charge < -0.3 is 9.47 Å². The second-order valence-electron chi connectivity index (χ2n) is 5.42. The van der Waals surface area contributed by atoms with Gasteiger partial charge in [-0.05, 0) is 31.4 Å². The van der Waals surface area contributed by atoms with Crippen LogP contribution in [0.25, 0.3) is 0 Å². The molecule has 0 spiro atoms. The first-order chi connectivity index (χ1) is 10.3. The second kappa shape index (κ2) is 8.14. The van der Waals surface area contributed by atoms with Gasteiger partial charge in [0.1, 0.15) is 0 Å². The van der Waals surface area contributed by atoms with E-state index >= 15 is 0 Å². The Morgan fingerprint density at radius 2 is 2.19 bits per heavy atom. The van der Waals surface area contributed by atoms with Gasteiger partial charge in [-0.2, -0.15) is 5.26 Å². The van der Waals surface area contributed by atoms with E-state index in [1.54, 1.807) is 0 Å². The lowest BCUT2D eigenvalue weighted by atomic mass is 9.92. The Bertz CT molecular complexity index is 452. The predicted octanol–water partition coefficient (Wildman–Crippen LogP) is 2.60. The Morgan fingerprint density at radius 3 is 2.81 bits per heavy atom. The molecular formula is C17H24N2O2. The maximum absolute atomic E-state index is 9.67. The molecule has 2 rings (SSSR count). The summed E-state index contributed by atoms with van der Waals surface area (Å²) < 4.78 is 11.5. The van der Waals surface area contributed by atoms with Crippen molar-refractivity contribution in [2.75, 3.05) is 26.4 Å². The number of nitrogens with one attached hydrogen (secondary N) is 1. The van der Waals surface area contributed by atoms with Crippen molar-refractivity contribution < 1.29 is 9.47 Å². The number of likely N-dealkylation sites (N-methyl/N-ethyl adjacent to an activating group) is 1. The van der Waals surface area contributed by atoms with Gasteiger partial charge in [0.05, 0.1) is 25.4 Å². The number of ether oxygens (including phenoxy) is 2. The zero-order valence-corrected chi connectivity index (χ0v) is 12.7. The standard InChI is InChI=1S/C17H24N2O2/c1-2-19-17(13-18,15-8-4-3-5-9-15)14-20-12-16-10-6-7-11-21-16/h3-5,8-9,16,19H,2,6-7,10-12,14H2,1H3. The minimum absolute atomic E-state index is 0.174. The molecule has 4 heteroatoms. The Labute approximate surface area is 127 Å². The molecule has 4 nitrogen and oxygen atoms in total. The van der Waals surface area contributed by atoms with Crippen molar-refractivity contribution in [3.8, 4) is 6.07 Å². The van der Waals surface area contributed by atoms with Crippen molar-refractivity contribution in [1.82, 2.24) is 5.32 Å². The Hall–Kier alpha value is -1.41. The molecule has 0 aliphatic carbocycles. The van der Waals surface area contributed by atoms with Crippen LogP contribution in [0.4, 0.5) is 0 Å². The fraction of sp³-hybridized carbons (Fsp3) is 0.588. The molecule has 2 unspecified atom stereocenters. The van der Waals surface area contributed by atoms with Crippen LogP contribution in [0, 0.1) is 11.3 Å². The van der Waals surface area contributed by atoms with Crippen molar-refractivity contribution in [2.45, 2.75) is 37.8 Å². The zero-order chi connectivity index (χ0) is 15.0. The molecule has 1 fully saturated rings. The van der Waals surface area contributed by atoms with E-state index in [1.165, 1.54) is 6.42 Å². The molecule has 0 radical (unpaired) electrons. The monoisotopic (exact) mass is 288 g/mol. The molecule has 1 aliphatic rings. The molecule has 0 bridgehead atoms. The van der Waals surface area contributed by atoms with Gasteiger partial charge in [-0.25, -0.2) is 0 Å². The van der Waals surface area contributed by atoms with E-state index < -0.39 is 5.54 Å². The highest BCUT2D eigenvalue weighted by Gasteiger charge is 2.32. The van der Waals surface area contributed by atoms with E-state index in [0.29, 0.717) is 19.8 Å². The molecule has 2 atom stereocenters. The average Bonchev–Trinajstić information content (AvgIpc) is 2.56. The van der Waals surface area contributed by atoms with Gasteiger partial charge in [0.15, 0.2) is 5.54 Å². The second-order valence-corrected chi connectivity index (χ2v) is 5.42. The summed E-state index contributed by atoms with van der Waals surface area (Å²) in [4.78, 5) is 0. The van der Waals surface area contributed by atoms with Crippen LogP contribution in [0.15, 0.2) is 30.3 Å². The van der Waals surface area contributed by atoms with Crippen LogP contribution >= 0.6 is 0 Å². The van der Waals surface area contributed by atoms with E-state index in [-0.39, 0.29) is 6.10 Å². The number of hydrogen-bond donors (Lipinski definition) is 1. The average molecular weight is 288 g/mol. The van der Waals surface area contributed by atoms with Gasteiger partial charge >= 0.3 is 0 Å². The topological polar surface area (TPSA) is 54.3 Å². The summed E-state index contributed by atoms with van der Waals surface area (Å²) in [5, 5.41) is 12.9. The first kappa shape index (κ1) is 16.0. The number of nitriles is 1.